The molecule has 12 heteroatoms. The number of carbonyl (C=O) groups excluding carboxylic acids is 1. The molecule has 1 heterocycles. The first-order chi connectivity index (χ1) is 12.6. The minimum Gasteiger partial charge on any atom is -0.475 e. The molecule has 0 bridgehead atoms. The summed E-state index contributed by atoms with van der Waals surface area (Å²) >= 11 is 0. The molecule has 2 rings (SSSR count). The number of alkyl halides is 3. The van der Waals surface area contributed by atoms with Crippen molar-refractivity contribution in [2.75, 3.05) is 7.11 Å². The molecule has 0 spiro atoms. The van der Waals surface area contributed by atoms with Crippen molar-refractivity contribution in [1.82, 2.24) is 15.2 Å². The third-order valence-electron chi connectivity index (χ3n) is 3.47. The fourth-order valence-electron chi connectivity index (χ4n) is 1.98. The van der Waals surface area contributed by atoms with Crippen LogP contribution in [0.3, 0.4) is 0 Å². The summed E-state index contributed by atoms with van der Waals surface area (Å²) in [6, 6.07) is 3.23. The van der Waals surface area contributed by atoms with Gasteiger partial charge in [-0.1, -0.05) is 12.1 Å². The van der Waals surface area contributed by atoms with Crippen molar-refractivity contribution in [2.45, 2.75) is 19.1 Å². The Balaban J connectivity index is 2.02. The Labute approximate surface area is 150 Å². The number of hydrazone groups is 1. The number of ether oxygens (including phenoxy) is 1. The van der Waals surface area contributed by atoms with Crippen LogP contribution in [-0.4, -0.2) is 33.9 Å². The number of hydrogen-bond acceptors (Lipinski definition) is 6. The summed E-state index contributed by atoms with van der Waals surface area (Å²) in [5, 5.41) is 18.3. The Morgan fingerprint density at radius 1 is 1.41 bits per heavy atom. The van der Waals surface area contributed by atoms with E-state index in [1.807, 2.05) is 0 Å². The maximum Gasteiger partial charge on any atom is 0.416 e. The SMILES string of the molecule is COc1nn(C(C)C(=O)NN=Cc2ccc(C(F)(F)F)cc2)cc1[N+](=O)[O-]. The number of nitrogens with zero attached hydrogens (tertiary/aromatic N) is 4. The van der Waals surface area contributed by atoms with E-state index in [4.69, 9.17) is 4.74 Å². The molecule has 0 aliphatic carbocycles. The van der Waals surface area contributed by atoms with Gasteiger partial charge in [0.2, 0.25) is 0 Å². The van der Waals surface area contributed by atoms with E-state index in [1.165, 1.54) is 26.2 Å². The minimum atomic E-state index is -4.44. The van der Waals surface area contributed by atoms with Gasteiger partial charge in [-0.25, -0.2) is 10.1 Å². The molecule has 0 saturated heterocycles. The second kappa shape index (κ2) is 7.85. The zero-order valence-electron chi connectivity index (χ0n) is 14.1. The summed E-state index contributed by atoms with van der Waals surface area (Å²) in [5.41, 5.74) is 1.33. The van der Waals surface area contributed by atoms with Gasteiger partial charge in [0, 0.05) is 0 Å². The van der Waals surface area contributed by atoms with E-state index in [-0.39, 0.29) is 5.88 Å². The molecule has 0 saturated carbocycles. The molecule has 0 aliphatic rings. The van der Waals surface area contributed by atoms with E-state index in [0.29, 0.717) is 5.56 Å². The summed E-state index contributed by atoms with van der Waals surface area (Å²) in [7, 11) is 1.21. The molecule has 1 aromatic carbocycles. The second-order valence-corrected chi connectivity index (χ2v) is 5.29. The fourth-order valence-corrected chi connectivity index (χ4v) is 1.98. The number of halogens is 3. The van der Waals surface area contributed by atoms with Crippen molar-refractivity contribution in [1.29, 1.82) is 0 Å². The van der Waals surface area contributed by atoms with Gasteiger partial charge in [-0.2, -0.15) is 18.3 Å². The molecule has 1 unspecified atom stereocenters. The van der Waals surface area contributed by atoms with Gasteiger partial charge in [-0.15, -0.1) is 5.10 Å². The van der Waals surface area contributed by atoms with Gasteiger partial charge in [0.1, 0.15) is 12.2 Å². The maximum absolute atomic E-state index is 12.5. The van der Waals surface area contributed by atoms with Crippen molar-refractivity contribution < 1.29 is 27.6 Å². The van der Waals surface area contributed by atoms with Gasteiger partial charge >= 0.3 is 17.7 Å². The van der Waals surface area contributed by atoms with Crippen LogP contribution in [0.2, 0.25) is 0 Å². The summed E-state index contributed by atoms with van der Waals surface area (Å²) in [4.78, 5) is 22.2. The third kappa shape index (κ3) is 4.80. The largest absolute Gasteiger partial charge is 0.475 e. The highest BCUT2D eigenvalue weighted by Crippen LogP contribution is 2.29. The van der Waals surface area contributed by atoms with Crippen LogP contribution in [-0.2, 0) is 11.0 Å². The third-order valence-corrected chi connectivity index (χ3v) is 3.47. The molecule has 0 radical (unpaired) electrons. The Morgan fingerprint density at radius 3 is 2.52 bits per heavy atom. The monoisotopic (exact) mass is 385 g/mol. The van der Waals surface area contributed by atoms with Crippen LogP contribution in [0, 0.1) is 10.1 Å². The number of rotatable bonds is 6. The van der Waals surface area contributed by atoms with Gasteiger partial charge in [-0.05, 0) is 24.6 Å². The number of amides is 1. The van der Waals surface area contributed by atoms with Gasteiger partial charge in [0.25, 0.3) is 5.91 Å². The van der Waals surface area contributed by atoms with Crippen molar-refractivity contribution in [3.63, 3.8) is 0 Å². The average Bonchev–Trinajstić information content (AvgIpc) is 3.05. The Bertz CT molecular complexity index is 861. The highest BCUT2D eigenvalue weighted by molar-refractivity contribution is 5.83. The van der Waals surface area contributed by atoms with Crippen LogP contribution in [0.4, 0.5) is 18.9 Å². The molecule has 1 atom stereocenters. The van der Waals surface area contributed by atoms with Crippen LogP contribution >= 0.6 is 0 Å². The predicted octanol–water partition coefficient (Wildman–Crippen LogP) is 2.53. The average molecular weight is 385 g/mol. The molecule has 0 fully saturated rings. The lowest BCUT2D eigenvalue weighted by atomic mass is 10.1. The molecule has 0 aliphatic heterocycles. The summed E-state index contributed by atoms with van der Waals surface area (Å²) in [5.74, 6) is -0.883. The first-order valence-corrected chi connectivity index (χ1v) is 7.41. The highest BCUT2D eigenvalue weighted by atomic mass is 19.4. The molecular formula is C15H14F3N5O4. The molecule has 9 nitrogen and oxygen atoms in total. The lowest BCUT2D eigenvalue weighted by Crippen LogP contribution is -2.27. The van der Waals surface area contributed by atoms with Crippen LogP contribution < -0.4 is 10.2 Å². The predicted molar refractivity (Wildman–Crippen MR) is 87.3 cm³/mol. The van der Waals surface area contributed by atoms with E-state index in [1.54, 1.807) is 0 Å². The topological polar surface area (TPSA) is 112 Å². The van der Waals surface area contributed by atoms with E-state index in [9.17, 15) is 28.1 Å². The van der Waals surface area contributed by atoms with Crippen LogP contribution in [0.25, 0.3) is 0 Å². The van der Waals surface area contributed by atoms with E-state index >= 15 is 0 Å². The van der Waals surface area contributed by atoms with E-state index in [0.717, 1.165) is 29.2 Å². The molecule has 1 amide bonds. The van der Waals surface area contributed by atoms with Crippen LogP contribution in [0.15, 0.2) is 35.6 Å². The second-order valence-electron chi connectivity index (χ2n) is 5.29. The van der Waals surface area contributed by atoms with Gasteiger partial charge in [-0.3, -0.25) is 14.9 Å². The zero-order chi connectivity index (χ0) is 20.2. The van der Waals surface area contributed by atoms with E-state index in [2.05, 4.69) is 15.6 Å². The quantitative estimate of drug-likeness (QED) is 0.467. The first-order valence-electron chi connectivity index (χ1n) is 7.41. The minimum absolute atomic E-state index is 0.243. The molecule has 1 N–H and O–H groups in total. The molecule has 144 valence electrons. The smallest absolute Gasteiger partial charge is 0.416 e. The summed E-state index contributed by atoms with van der Waals surface area (Å²) in [6.07, 6.45) is -2.23. The van der Waals surface area contributed by atoms with Crippen molar-refractivity contribution in [3.8, 4) is 5.88 Å². The number of methoxy groups -OCH3 is 1. The standard InChI is InChI=1S/C15H14F3N5O4/c1-9(22-8-12(23(25)26)14(21-22)27-2)13(24)20-19-7-10-3-5-11(6-4-10)15(16,17)18/h3-9H,1-2H3,(H,20,24). The normalized spacial score (nSPS) is 12.8. The van der Waals surface area contributed by atoms with Crippen LogP contribution in [0.1, 0.15) is 24.1 Å². The van der Waals surface area contributed by atoms with Gasteiger partial charge in [0.05, 0.1) is 23.8 Å². The van der Waals surface area contributed by atoms with Crippen molar-refractivity contribution in [3.05, 3.63) is 51.7 Å². The van der Waals surface area contributed by atoms with Gasteiger partial charge < -0.3 is 4.74 Å². The fraction of sp³-hybridized carbons (Fsp3) is 0.267. The van der Waals surface area contributed by atoms with Gasteiger partial charge in [0.15, 0.2) is 0 Å². The van der Waals surface area contributed by atoms with Crippen LogP contribution in [0.5, 0.6) is 5.88 Å². The lowest BCUT2D eigenvalue weighted by Gasteiger charge is -2.09. The van der Waals surface area contributed by atoms with Crippen molar-refractivity contribution >= 4 is 17.8 Å². The molecular weight excluding hydrogens is 371 g/mol. The number of benzene rings is 1. The number of carbonyl (C=O) groups is 1. The summed E-state index contributed by atoms with van der Waals surface area (Å²) in [6.45, 7) is 1.43. The number of hydrogen-bond donors (Lipinski definition) is 1. The maximum atomic E-state index is 12.5. The molecule has 1 aromatic heterocycles. The Kier molecular flexibility index (Phi) is 5.78. The highest BCUT2D eigenvalue weighted by Gasteiger charge is 2.29. The first kappa shape index (κ1) is 19.9. The van der Waals surface area contributed by atoms with Crippen molar-refractivity contribution in [2.24, 2.45) is 5.10 Å². The Morgan fingerprint density at radius 2 is 2.04 bits per heavy atom. The number of nitrogens with one attached hydrogen (secondary N) is 1. The Hall–Kier alpha value is -3.44. The molecule has 2 aromatic rings. The lowest BCUT2D eigenvalue weighted by molar-refractivity contribution is -0.385. The summed E-state index contributed by atoms with van der Waals surface area (Å²) < 4.78 is 43.3. The molecule has 27 heavy (non-hydrogen) atoms. The zero-order valence-corrected chi connectivity index (χ0v) is 14.1. The number of nitro groups is 1. The van der Waals surface area contributed by atoms with E-state index < -0.39 is 34.3 Å². The number of aromatic nitrogens is 2.